The summed E-state index contributed by atoms with van der Waals surface area (Å²) in [4.78, 5) is 11.3. The van der Waals surface area contributed by atoms with Crippen molar-refractivity contribution in [3.8, 4) is 0 Å². The van der Waals surface area contributed by atoms with Crippen LogP contribution in [0.25, 0.3) is 0 Å². The zero-order valence-electron chi connectivity index (χ0n) is 9.33. The van der Waals surface area contributed by atoms with Gasteiger partial charge in [-0.1, -0.05) is 30.3 Å². The van der Waals surface area contributed by atoms with Crippen LogP contribution >= 0.6 is 0 Å². The third kappa shape index (κ3) is 4.05. The molecular formula is C12H14O5. The van der Waals surface area contributed by atoms with E-state index in [2.05, 4.69) is 0 Å². The predicted octanol–water partition coefficient (Wildman–Crippen LogP) is 1.71. The van der Waals surface area contributed by atoms with Gasteiger partial charge in [-0.05, 0) is 5.56 Å². The smallest absolute Gasteiger partial charge is 0.429 e. The van der Waals surface area contributed by atoms with Crippen LogP contribution in [0.15, 0.2) is 30.3 Å². The Hall–Kier alpha value is -1.59. The second-order valence-electron chi connectivity index (χ2n) is 3.52. The van der Waals surface area contributed by atoms with Gasteiger partial charge in [-0.15, -0.1) is 0 Å². The molecule has 0 N–H and O–H groups in total. The second-order valence-corrected chi connectivity index (χ2v) is 3.52. The average molecular weight is 238 g/mol. The van der Waals surface area contributed by atoms with Crippen molar-refractivity contribution in [2.45, 2.75) is 12.9 Å². The number of carbonyl (C=O) groups excluding carboxylic acids is 1. The third-order valence-electron chi connectivity index (χ3n) is 2.21. The highest BCUT2D eigenvalue weighted by Gasteiger charge is 2.19. The van der Waals surface area contributed by atoms with Crippen LogP contribution in [0.3, 0.4) is 0 Å². The summed E-state index contributed by atoms with van der Waals surface area (Å²) >= 11 is 0. The Morgan fingerprint density at radius 2 is 2.12 bits per heavy atom. The Balaban J connectivity index is 1.70. The van der Waals surface area contributed by atoms with E-state index in [-0.39, 0.29) is 13.2 Å². The fourth-order valence-electron chi connectivity index (χ4n) is 1.39. The van der Waals surface area contributed by atoms with Crippen molar-refractivity contribution in [2.75, 3.05) is 19.8 Å². The summed E-state index contributed by atoms with van der Waals surface area (Å²) in [6, 6.07) is 9.39. The fraction of sp³-hybridized carbons (Fsp3) is 0.417. The highest BCUT2D eigenvalue weighted by Crippen LogP contribution is 2.06. The molecule has 1 aliphatic rings. The molecule has 5 heteroatoms. The maximum atomic E-state index is 11.3. The van der Waals surface area contributed by atoms with Crippen molar-refractivity contribution in [3.63, 3.8) is 0 Å². The summed E-state index contributed by atoms with van der Waals surface area (Å²) in [5, 5.41) is 0. The summed E-state index contributed by atoms with van der Waals surface area (Å²) in [6.45, 7) is 1.39. The van der Waals surface area contributed by atoms with Crippen molar-refractivity contribution in [1.29, 1.82) is 0 Å². The van der Waals surface area contributed by atoms with Gasteiger partial charge in [0.25, 0.3) is 0 Å². The summed E-state index contributed by atoms with van der Waals surface area (Å²) in [7, 11) is 0. The summed E-state index contributed by atoms with van der Waals surface area (Å²) < 4.78 is 20.1. The number of benzene rings is 1. The minimum absolute atomic E-state index is 0.188. The molecule has 1 aromatic rings. The van der Waals surface area contributed by atoms with Crippen LogP contribution in [0.4, 0.5) is 4.79 Å². The summed E-state index contributed by atoms with van der Waals surface area (Å²) in [5.74, 6) is 0. The topological polar surface area (TPSA) is 54.0 Å². The lowest BCUT2D eigenvalue weighted by atomic mass is 10.2. The van der Waals surface area contributed by atoms with Gasteiger partial charge in [0.05, 0.1) is 13.2 Å². The standard InChI is InChI=1S/C12H14O5/c13-12(17-11-9-14-6-7-15-11)16-8-10-4-2-1-3-5-10/h1-5,11H,6-9H2. The number of hydrogen-bond donors (Lipinski definition) is 0. The molecule has 0 aromatic heterocycles. The van der Waals surface area contributed by atoms with Gasteiger partial charge in [0.2, 0.25) is 6.29 Å². The van der Waals surface area contributed by atoms with E-state index in [1.54, 1.807) is 0 Å². The van der Waals surface area contributed by atoms with E-state index >= 15 is 0 Å². The van der Waals surface area contributed by atoms with Crippen molar-refractivity contribution in [1.82, 2.24) is 0 Å². The van der Waals surface area contributed by atoms with Crippen molar-refractivity contribution in [2.24, 2.45) is 0 Å². The van der Waals surface area contributed by atoms with Gasteiger partial charge in [0.15, 0.2) is 0 Å². The van der Waals surface area contributed by atoms with Crippen LogP contribution in [-0.4, -0.2) is 32.3 Å². The largest absolute Gasteiger partial charge is 0.511 e. The first-order valence-corrected chi connectivity index (χ1v) is 5.41. The molecule has 1 aromatic carbocycles. The van der Waals surface area contributed by atoms with E-state index in [1.807, 2.05) is 30.3 Å². The van der Waals surface area contributed by atoms with Gasteiger partial charge >= 0.3 is 6.16 Å². The van der Waals surface area contributed by atoms with Crippen LogP contribution in [0, 0.1) is 0 Å². The summed E-state index contributed by atoms with van der Waals surface area (Å²) in [5.41, 5.74) is 0.908. The van der Waals surface area contributed by atoms with Crippen molar-refractivity contribution < 1.29 is 23.7 Å². The van der Waals surface area contributed by atoms with Crippen LogP contribution in [0.5, 0.6) is 0 Å². The van der Waals surface area contributed by atoms with Gasteiger partial charge in [-0.3, -0.25) is 0 Å². The first-order valence-electron chi connectivity index (χ1n) is 5.41. The third-order valence-corrected chi connectivity index (χ3v) is 2.21. The molecule has 1 heterocycles. The molecule has 1 saturated heterocycles. The Morgan fingerprint density at radius 1 is 1.29 bits per heavy atom. The molecule has 1 aliphatic heterocycles. The molecule has 0 spiro atoms. The first kappa shape index (κ1) is 11.9. The van der Waals surface area contributed by atoms with E-state index in [4.69, 9.17) is 18.9 Å². The zero-order chi connectivity index (χ0) is 11.9. The van der Waals surface area contributed by atoms with Crippen molar-refractivity contribution >= 4 is 6.16 Å². The first-order chi connectivity index (χ1) is 8.34. The molecule has 0 aliphatic carbocycles. The molecular weight excluding hydrogens is 224 g/mol. The zero-order valence-corrected chi connectivity index (χ0v) is 9.33. The lowest BCUT2D eigenvalue weighted by Gasteiger charge is -2.22. The SMILES string of the molecule is O=C(OCc1ccccc1)OC1COCCO1. The van der Waals surface area contributed by atoms with Crippen molar-refractivity contribution in [3.05, 3.63) is 35.9 Å². The lowest BCUT2D eigenvalue weighted by Crippen LogP contribution is -2.32. The molecule has 0 bridgehead atoms. The van der Waals surface area contributed by atoms with Crippen LogP contribution in [-0.2, 0) is 25.6 Å². The molecule has 17 heavy (non-hydrogen) atoms. The summed E-state index contributed by atoms with van der Waals surface area (Å²) in [6.07, 6.45) is -1.41. The molecule has 1 unspecified atom stereocenters. The fourth-order valence-corrected chi connectivity index (χ4v) is 1.39. The van der Waals surface area contributed by atoms with Crippen LogP contribution in [0.2, 0.25) is 0 Å². The lowest BCUT2D eigenvalue weighted by molar-refractivity contribution is -0.194. The minimum Gasteiger partial charge on any atom is -0.429 e. The number of hydrogen-bond acceptors (Lipinski definition) is 5. The average Bonchev–Trinajstić information content (AvgIpc) is 2.39. The Bertz CT molecular complexity index is 345. The Labute approximate surface area is 99.2 Å². The monoisotopic (exact) mass is 238 g/mol. The van der Waals surface area contributed by atoms with E-state index in [1.165, 1.54) is 0 Å². The quantitative estimate of drug-likeness (QED) is 0.750. The normalized spacial score (nSPS) is 19.6. The second kappa shape index (κ2) is 6.22. The van der Waals surface area contributed by atoms with Gasteiger partial charge in [-0.25, -0.2) is 4.79 Å². The Morgan fingerprint density at radius 3 is 2.82 bits per heavy atom. The molecule has 0 amide bonds. The highest BCUT2D eigenvalue weighted by atomic mass is 16.8. The molecule has 5 nitrogen and oxygen atoms in total. The van der Waals surface area contributed by atoms with Gasteiger partial charge in [0.1, 0.15) is 13.2 Å². The molecule has 2 rings (SSSR count). The minimum atomic E-state index is -0.746. The van der Waals surface area contributed by atoms with Gasteiger partial charge < -0.3 is 18.9 Å². The maximum absolute atomic E-state index is 11.3. The molecule has 0 radical (unpaired) electrons. The van der Waals surface area contributed by atoms with Crippen LogP contribution in [0.1, 0.15) is 5.56 Å². The molecule has 92 valence electrons. The number of ether oxygens (including phenoxy) is 4. The van der Waals surface area contributed by atoms with Crippen LogP contribution < -0.4 is 0 Å². The maximum Gasteiger partial charge on any atom is 0.511 e. The van der Waals surface area contributed by atoms with E-state index in [9.17, 15) is 4.79 Å². The molecule has 1 atom stereocenters. The van der Waals surface area contributed by atoms with Gasteiger partial charge in [0, 0.05) is 0 Å². The molecule has 1 fully saturated rings. The number of rotatable bonds is 3. The molecule has 0 saturated carbocycles. The highest BCUT2D eigenvalue weighted by molar-refractivity contribution is 5.60. The Kier molecular flexibility index (Phi) is 4.35. The van der Waals surface area contributed by atoms with Gasteiger partial charge in [-0.2, -0.15) is 0 Å². The predicted molar refractivity (Wildman–Crippen MR) is 58.3 cm³/mol. The van der Waals surface area contributed by atoms with E-state index in [0.717, 1.165) is 5.56 Å². The number of carbonyl (C=O) groups is 1. The van der Waals surface area contributed by atoms with E-state index in [0.29, 0.717) is 13.2 Å². The van der Waals surface area contributed by atoms with E-state index < -0.39 is 12.4 Å².